The lowest BCUT2D eigenvalue weighted by Gasteiger charge is -2.43. The lowest BCUT2D eigenvalue weighted by Crippen LogP contribution is -2.47. The van der Waals surface area contributed by atoms with Gasteiger partial charge in [0.15, 0.2) is 0 Å². The molecule has 0 bridgehead atoms. The van der Waals surface area contributed by atoms with E-state index in [0.29, 0.717) is 11.8 Å². The largest absolute Gasteiger partial charge is 0.321 e. The molecule has 1 aliphatic rings. The van der Waals surface area contributed by atoms with Crippen LogP contribution in [0.3, 0.4) is 0 Å². The first-order chi connectivity index (χ1) is 7.93. The van der Waals surface area contributed by atoms with E-state index >= 15 is 0 Å². The highest BCUT2D eigenvalue weighted by Gasteiger charge is 2.38. The molecular weight excluding hydrogens is 230 g/mol. The second kappa shape index (κ2) is 4.62. The fraction of sp³-hybridized carbons (Fsp3) is 0.600. The number of rotatable bonds is 1. The summed E-state index contributed by atoms with van der Waals surface area (Å²) in [4.78, 5) is 0. The first kappa shape index (κ1) is 12.9. The van der Waals surface area contributed by atoms with E-state index in [2.05, 4.69) is 32.0 Å². The minimum Gasteiger partial charge on any atom is -0.321 e. The molecule has 0 aromatic heterocycles. The van der Waals surface area contributed by atoms with Crippen LogP contribution in [0.4, 0.5) is 0 Å². The molecule has 0 aliphatic heterocycles. The topological polar surface area (TPSA) is 26.0 Å². The molecule has 1 aromatic rings. The molecule has 1 aromatic carbocycles. The molecule has 17 heavy (non-hydrogen) atoms. The molecule has 0 spiro atoms. The van der Waals surface area contributed by atoms with Crippen LogP contribution in [0.25, 0.3) is 0 Å². The normalized spacial score (nSPS) is 33.7. The van der Waals surface area contributed by atoms with Gasteiger partial charge in [-0.05, 0) is 48.8 Å². The Morgan fingerprint density at radius 3 is 2.65 bits per heavy atom. The van der Waals surface area contributed by atoms with Crippen LogP contribution in [-0.2, 0) is 5.54 Å². The van der Waals surface area contributed by atoms with Crippen LogP contribution >= 0.6 is 11.6 Å². The van der Waals surface area contributed by atoms with Gasteiger partial charge >= 0.3 is 0 Å². The third-order valence-electron chi connectivity index (χ3n) is 4.37. The highest BCUT2D eigenvalue weighted by Crippen LogP contribution is 2.42. The maximum absolute atomic E-state index is 6.67. The van der Waals surface area contributed by atoms with Crippen LogP contribution in [0, 0.1) is 18.8 Å². The molecule has 0 radical (unpaired) electrons. The Morgan fingerprint density at radius 1 is 1.29 bits per heavy atom. The summed E-state index contributed by atoms with van der Waals surface area (Å²) in [5.41, 5.74) is 8.80. The summed E-state index contributed by atoms with van der Waals surface area (Å²) in [5, 5.41) is 0.831. The van der Waals surface area contributed by atoms with E-state index in [1.54, 1.807) is 0 Å². The van der Waals surface area contributed by atoms with Crippen molar-refractivity contribution < 1.29 is 0 Å². The Kier molecular flexibility index (Phi) is 3.51. The molecular formula is C15H22ClN. The summed E-state index contributed by atoms with van der Waals surface area (Å²) < 4.78 is 0. The first-order valence-electron chi connectivity index (χ1n) is 6.49. The van der Waals surface area contributed by atoms with Gasteiger partial charge in [0.25, 0.3) is 0 Å². The summed E-state index contributed by atoms with van der Waals surface area (Å²) in [6, 6.07) is 6.29. The molecule has 3 unspecified atom stereocenters. The smallest absolute Gasteiger partial charge is 0.0438 e. The van der Waals surface area contributed by atoms with E-state index in [0.717, 1.165) is 17.0 Å². The van der Waals surface area contributed by atoms with E-state index in [9.17, 15) is 0 Å². The van der Waals surface area contributed by atoms with Crippen molar-refractivity contribution in [1.29, 1.82) is 0 Å². The van der Waals surface area contributed by atoms with Gasteiger partial charge in [-0.3, -0.25) is 0 Å². The van der Waals surface area contributed by atoms with Gasteiger partial charge in [-0.2, -0.15) is 0 Å². The SMILES string of the molecule is Cc1ccc(C2(N)CC(C)CCC2C)cc1Cl. The maximum Gasteiger partial charge on any atom is 0.0438 e. The summed E-state index contributed by atoms with van der Waals surface area (Å²) in [5.74, 6) is 1.23. The summed E-state index contributed by atoms with van der Waals surface area (Å²) >= 11 is 6.22. The highest BCUT2D eigenvalue weighted by atomic mass is 35.5. The third kappa shape index (κ3) is 2.36. The zero-order chi connectivity index (χ0) is 12.6. The molecule has 2 heteroatoms. The van der Waals surface area contributed by atoms with Crippen molar-refractivity contribution in [1.82, 2.24) is 0 Å². The molecule has 1 nitrogen and oxygen atoms in total. The van der Waals surface area contributed by atoms with Crippen LogP contribution in [0.1, 0.15) is 44.2 Å². The Bertz CT molecular complexity index is 415. The molecule has 1 fully saturated rings. The summed E-state index contributed by atoms with van der Waals surface area (Å²) in [6.45, 7) is 6.59. The lowest BCUT2D eigenvalue weighted by atomic mass is 9.67. The molecule has 2 N–H and O–H groups in total. The number of hydrogen-bond donors (Lipinski definition) is 1. The van der Waals surface area contributed by atoms with E-state index < -0.39 is 0 Å². The molecule has 94 valence electrons. The number of nitrogens with two attached hydrogens (primary N) is 1. The van der Waals surface area contributed by atoms with E-state index in [-0.39, 0.29) is 5.54 Å². The molecule has 0 amide bonds. The van der Waals surface area contributed by atoms with Gasteiger partial charge in [-0.25, -0.2) is 0 Å². The Hall–Kier alpha value is -0.530. The number of benzene rings is 1. The highest BCUT2D eigenvalue weighted by molar-refractivity contribution is 6.31. The van der Waals surface area contributed by atoms with Gasteiger partial charge in [0.2, 0.25) is 0 Å². The number of aryl methyl sites for hydroxylation is 1. The Labute approximate surface area is 109 Å². The van der Waals surface area contributed by atoms with Crippen molar-refractivity contribution in [2.24, 2.45) is 17.6 Å². The van der Waals surface area contributed by atoms with Gasteiger partial charge in [0.05, 0.1) is 0 Å². The van der Waals surface area contributed by atoms with Crippen LogP contribution < -0.4 is 5.73 Å². The average molecular weight is 252 g/mol. The molecule has 1 saturated carbocycles. The standard InChI is InChI=1S/C15H22ClN/c1-10-4-6-12(3)15(17,9-10)13-7-5-11(2)14(16)8-13/h5,7-8,10,12H,4,6,9,17H2,1-3H3. The fourth-order valence-corrected chi connectivity index (χ4v) is 3.14. The number of hydrogen-bond acceptors (Lipinski definition) is 1. The van der Waals surface area contributed by atoms with Crippen LogP contribution in [0.15, 0.2) is 18.2 Å². The van der Waals surface area contributed by atoms with Crippen LogP contribution in [0.2, 0.25) is 5.02 Å². The molecule has 0 saturated heterocycles. The third-order valence-corrected chi connectivity index (χ3v) is 4.77. The number of halogens is 1. The zero-order valence-corrected chi connectivity index (χ0v) is 11.7. The fourth-order valence-electron chi connectivity index (χ4n) is 2.96. The van der Waals surface area contributed by atoms with Crippen LogP contribution in [0.5, 0.6) is 0 Å². The van der Waals surface area contributed by atoms with Crippen molar-refractivity contribution in [2.75, 3.05) is 0 Å². The van der Waals surface area contributed by atoms with Gasteiger partial charge in [0, 0.05) is 10.6 Å². The van der Waals surface area contributed by atoms with E-state index in [1.165, 1.54) is 18.4 Å². The molecule has 1 aliphatic carbocycles. The quantitative estimate of drug-likeness (QED) is 0.793. The molecule has 3 atom stereocenters. The minimum absolute atomic E-state index is 0.199. The van der Waals surface area contributed by atoms with Crippen molar-refractivity contribution in [3.05, 3.63) is 34.3 Å². The van der Waals surface area contributed by atoms with Gasteiger partial charge in [-0.1, -0.05) is 44.0 Å². The second-order valence-electron chi connectivity index (χ2n) is 5.79. The average Bonchev–Trinajstić information content (AvgIpc) is 2.28. The lowest BCUT2D eigenvalue weighted by molar-refractivity contribution is 0.162. The van der Waals surface area contributed by atoms with Crippen molar-refractivity contribution >= 4 is 11.6 Å². The van der Waals surface area contributed by atoms with Gasteiger partial charge < -0.3 is 5.73 Å². The summed E-state index contributed by atoms with van der Waals surface area (Å²) in [7, 11) is 0. The van der Waals surface area contributed by atoms with Gasteiger partial charge in [0.1, 0.15) is 0 Å². The molecule has 2 rings (SSSR count). The van der Waals surface area contributed by atoms with E-state index in [1.807, 2.05) is 6.92 Å². The summed E-state index contributed by atoms with van der Waals surface area (Å²) in [6.07, 6.45) is 3.57. The Morgan fingerprint density at radius 2 is 2.00 bits per heavy atom. The Balaban J connectivity index is 2.38. The predicted molar refractivity (Wildman–Crippen MR) is 74.2 cm³/mol. The maximum atomic E-state index is 6.67. The predicted octanol–water partition coefficient (Wildman–Crippen LogP) is 4.26. The van der Waals surface area contributed by atoms with Crippen molar-refractivity contribution in [3.63, 3.8) is 0 Å². The first-order valence-corrected chi connectivity index (χ1v) is 6.87. The second-order valence-corrected chi connectivity index (χ2v) is 6.20. The molecule has 0 heterocycles. The zero-order valence-electron chi connectivity index (χ0n) is 11.0. The van der Waals surface area contributed by atoms with Crippen molar-refractivity contribution in [3.8, 4) is 0 Å². The monoisotopic (exact) mass is 251 g/mol. The van der Waals surface area contributed by atoms with Crippen molar-refractivity contribution in [2.45, 2.75) is 45.6 Å². The van der Waals surface area contributed by atoms with Crippen LogP contribution in [-0.4, -0.2) is 0 Å². The van der Waals surface area contributed by atoms with E-state index in [4.69, 9.17) is 17.3 Å². The minimum atomic E-state index is -0.199. The van der Waals surface area contributed by atoms with Gasteiger partial charge in [-0.15, -0.1) is 0 Å².